The van der Waals surface area contributed by atoms with Gasteiger partial charge in [-0.2, -0.15) is 0 Å². The molecule has 3 aromatic rings. The molecule has 3 heterocycles. The third-order valence-corrected chi connectivity index (χ3v) is 6.98. The van der Waals surface area contributed by atoms with Crippen molar-refractivity contribution in [3.63, 3.8) is 0 Å². The number of piperidine rings is 1. The Morgan fingerprint density at radius 2 is 1.84 bits per heavy atom. The minimum atomic E-state index is -0.347. The molecule has 0 spiro atoms. The van der Waals surface area contributed by atoms with Crippen LogP contribution in [-0.4, -0.2) is 46.5 Å². The molecule has 1 radical (unpaired) electrons. The van der Waals surface area contributed by atoms with Gasteiger partial charge in [-0.15, -0.1) is 0 Å². The molecule has 1 amide bonds. The molecule has 2 aromatic carbocycles. The van der Waals surface area contributed by atoms with Crippen molar-refractivity contribution in [2.24, 2.45) is 0 Å². The van der Waals surface area contributed by atoms with Crippen LogP contribution in [-0.2, 0) is 17.8 Å². The molecule has 2 aliphatic heterocycles. The highest BCUT2D eigenvalue weighted by molar-refractivity contribution is 5.84. The first-order valence-corrected chi connectivity index (χ1v) is 11.4. The summed E-state index contributed by atoms with van der Waals surface area (Å²) in [5.74, 6) is -0.153. The van der Waals surface area contributed by atoms with E-state index in [0.717, 1.165) is 56.3 Å². The van der Waals surface area contributed by atoms with Gasteiger partial charge in [0.1, 0.15) is 11.9 Å². The molecule has 2 aliphatic rings. The largest absolute Gasteiger partial charge is 0.342 e. The van der Waals surface area contributed by atoms with Crippen LogP contribution in [0.15, 0.2) is 48.5 Å². The van der Waals surface area contributed by atoms with Crippen molar-refractivity contribution in [3.05, 3.63) is 71.7 Å². The van der Waals surface area contributed by atoms with Crippen LogP contribution < -0.4 is 0 Å². The number of aryl methyl sites for hydroxylation is 1. The number of para-hydroxylation sites is 1. The Morgan fingerprint density at radius 1 is 1.10 bits per heavy atom. The molecule has 0 N–H and O–H groups in total. The van der Waals surface area contributed by atoms with Crippen LogP contribution in [0.2, 0.25) is 0 Å². The number of hydrogen-bond donors (Lipinski definition) is 0. The molecule has 0 saturated carbocycles. The molecular formula is C26H29FN3O. The molecule has 2 atom stereocenters. The zero-order valence-corrected chi connectivity index (χ0v) is 18.1. The van der Waals surface area contributed by atoms with E-state index in [1.807, 2.05) is 18.0 Å². The van der Waals surface area contributed by atoms with Crippen molar-refractivity contribution < 1.29 is 9.18 Å². The van der Waals surface area contributed by atoms with E-state index in [9.17, 15) is 9.18 Å². The molecule has 0 aliphatic carbocycles. The Hall–Kier alpha value is -2.66. The van der Waals surface area contributed by atoms with Gasteiger partial charge in [0.2, 0.25) is 5.91 Å². The van der Waals surface area contributed by atoms with E-state index in [1.54, 1.807) is 12.1 Å². The van der Waals surface area contributed by atoms with Gasteiger partial charge in [0, 0.05) is 42.3 Å². The maximum absolute atomic E-state index is 13.8. The number of rotatable bonds is 4. The first-order valence-electron chi connectivity index (χ1n) is 11.4. The van der Waals surface area contributed by atoms with E-state index >= 15 is 0 Å². The van der Waals surface area contributed by atoms with E-state index in [-0.39, 0.29) is 23.8 Å². The van der Waals surface area contributed by atoms with Gasteiger partial charge in [-0.1, -0.05) is 36.8 Å². The summed E-state index contributed by atoms with van der Waals surface area (Å²) in [7, 11) is 1.94. The fraction of sp³-hybridized carbons (Fsp3) is 0.423. The molecule has 4 nitrogen and oxygen atoms in total. The molecule has 1 saturated heterocycles. The monoisotopic (exact) mass is 418 g/mol. The highest BCUT2D eigenvalue weighted by Crippen LogP contribution is 2.30. The summed E-state index contributed by atoms with van der Waals surface area (Å²) in [6.45, 7) is 2.61. The average Bonchev–Trinajstić information content (AvgIpc) is 3.18. The molecule has 1 aromatic heterocycles. The van der Waals surface area contributed by atoms with Gasteiger partial charge in [0.05, 0.1) is 0 Å². The van der Waals surface area contributed by atoms with Crippen LogP contribution in [0.5, 0.6) is 0 Å². The number of hydrogen-bond acceptors (Lipinski definition) is 2. The Labute approximate surface area is 183 Å². The second-order valence-electron chi connectivity index (χ2n) is 8.89. The highest BCUT2D eigenvalue weighted by Gasteiger charge is 2.34. The number of carbonyl (C=O) groups is 1. The third-order valence-electron chi connectivity index (χ3n) is 6.98. The number of likely N-dealkylation sites (tertiary alicyclic amines) is 1. The van der Waals surface area contributed by atoms with Crippen molar-refractivity contribution in [3.8, 4) is 0 Å². The normalized spacial score (nSPS) is 20.4. The number of likely N-dealkylation sites (N-methyl/N-ethyl adjacent to an activating group) is 1. The van der Waals surface area contributed by atoms with E-state index in [2.05, 4.69) is 33.7 Å². The Kier molecular flexibility index (Phi) is 5.53. The zero-order valence-electron chi connectivity index (χ0n) is 18.1. The number of benzene rings is 2. The first-order chi connectivity index (χ1) is 15.1. The predicted octanol–water partition coefficient (Wildman–Crippen LogP) is 4.58. The smallest absolute Gasteiger partial charge is 0.244 e. The molecule has 0 bridgehead atoms. The molecular weight excluding hydrogens is 389 g/mol. The van der Waals surface area contributed by atoms with Gasteiger partial charge in [0.15, 0.2) is 0 Å². The number of aromatic nitrogens is 1. The maximum atomic E-state index is 13.8. The molecule has 31 heavy (non-hydrogen) atoms. The second-order valence-corrected chi connectivity index (χ2v) is 8.89. The summed E-state index contributed by atoms with van der Waals surface area (Å²) in [4.78, 5) is 18.0. The fourth-order valence-corrected chi connectivity index (χ4v) is 5.21. The van der Waals surface area contributed by atoms with E-state index in [4.69, 9.17) is 0 Å². The highest BCUT2D eigenvalue weighted by atomic mass is 19.1. The quantitative estimate of drug-likeness (QED) is 0.620. The summed E-state index contributed by atoms with van der Waals surface area (Å²) >= 11 is 0. The lowest BCUT2D eigenvalue weighted by atomic mass is 9.98. The lowest BCUT2D eigenvalue weighted by molar-refractivity contribution is -0.139. The van der Waals surface area contributed by atoms with Crippen LogP contribution in [0.1, 0.15) is 43.0 Å². The van der Waals surface area contributed by atoms with Crippen LogP contribution in [0, 0.1) is 11.9 Å². The van der Waals surface area contributed by atoms with Gasteiger partial charge in [-0.3, -0.25) is 9.69 Å². The lowest BCUT2D eigenvalue weighted by Crippen LogP contribution is -2.49. The standard InChI is InChI=1S/C26H29FN3O/c1-28(23-14-13-22-17-20-7-3-4-8-24(20)30(22)18-23)26(31)25(29-15-5-2-6-16-29)19-9-11-21(27)12-10-19/h3-4,7-12,23,25H,2,5-6,13-16,18H2,1H3/t23-,25?/m1/s1. The summed E-state index contributed by atoms with van der Waals surface area (Å²) in [5.41, 5.74) is 3.30. The minimum Gasteiger partial charge on any atom is -0.342 e. The van der Waals surface area contributed by atoms with Crippen molar-refractivity contribution >= 4 is 16.8 Å². The SMILES string of the molecule is CN(C(=O)C(c1ccc(F)cc1)N1CCCCC1)[C@@H]1CCc2[c]c3ccccc3n2C1. The Balaban J connectivity index is 1.41. The van der Waals surface area contributed by atoms with Crippen LogP contribution in [0.4, 0.5) is 4.39 Å². The van der Waals surface area contributed by atoms with E-state index in [1.165, 1.54) is 29.8 Å². The Bertz CT molecular complexity index is 1070. The Morgan fingerprint density at radius 3 is 2.61 bits per heavy atom. The average molecular weight is 419 g/mol. The van der Waals surface area contributed by atoms with Gasteiger partial charge in [-0.25, -0.2) is 4.39 Å². The number of nitrogens with zero attached hydrogens (tertiary/aromatic N) is 3. The molecule has 5 heteroatoms. The lowest BCUT2D eigenvalue weighted by Gasteiger charge is -2.39. The van der Waals surface area contributed by atoms with Gasteiger partial charge < -0.3 is 9.47 Å². The van der Waals surface area contributed by atoms with Crippen LogP contribution >= 0.6 is 0 Å². The maximum Gasteiger partial charge on any atom is 0.244 e. The predicted molar refractivity (Wildman–Crippen MR) is 120 cm³/mol. The summed E-state index contributed by atoms with van der Waals surface area (Å²) < 4.78 is 15.9. The number of amides is 1. The molecule has 5 rings (SSSR count). The molecule has 1 fully saturated rings. The van der Waals surface area contributed by atoms with Crippen molar-refractivity contribution in [1.82, 2.24) is 14.4 Å². The van der Waals surface area contributed by atoms with Crippen molar-refractivity contribution in [2.45, 2.75) is 50.7 Å². The second kappa shape index (κ2) is 8.46. The zero-order chi connectivity index (χ0) is 21.4. The summed E-state index contributed by atoms with van der Waals surface area (Å²) in [6, 6.07) is 18.1. The van der Waals surface area contributed by atoms with Gasteiger partial charge >= 0.3 is 0 Å². The topological polar surface area (TPSA) is 28.5 Å². The molecule has 1 unspecified atom stereocenters. The van der Waals surface area contributed by atoms with Gasteiger partial charge in [-0.05, 0) is 62.5 Å². The minimum absolute atomic E-state index is 0.113. The van der Waals surface area contributed by atoms with E-state index < -0.39 is 0 Å². The number of fused-ring (bicyclic) bond motifs is 3. The van der Waals surface area contributed by atoms with Crippen LogP contribution in [0.3, 0.4) is 0 Å². The van der Waals surface area contributed by atoms with Crippen molar-refractivity contribution in [2.75, 3.05) is 20.1 Å². The third kappa shape index (κ3) is 3.87. The molecule has 161 valence electrons. The number of halogens is 1. The van der Waals surface area contributed by atoms with Crippen molar-refractivity contribution in [1.29, 1.82) is 0 Å². The summed E-state index contributed by atoms with van der Waals surface area (Å²) in [5, 5.41) is 1.14. The van der Waals surface area contributed by atoms with E-state index in [0.29, 0.717) is 0 Å². The fourth-order valence-electron chi connectivity index (χ4n) is 5.21. The first kappa shape index (κ1) is 20.3. The van der Waals surface area contributed by atoms with Gasteiger partial charge in [0.25, 0.3) is 0 Å². The number of carbonyl (C=O) groups excluding carboxylic acids is 1. The summed E-state index contributed by atoms with van der Waals surface area (Å²) in [6.07, 6.45) is 5.27. The van der Waals surface area contributed by atoms with Crippen LogP contribution in [0.25, 0.3) is 10.9 Å².